The van der Waals surface area contributed by atoms with Crippen molar-refractivity contribution in [2.75, 3.05) is 18.4 Å². The quantitative estimate of drug-likeness (QED) is 0.725. The van der Waals surface area contributed by atoms with E-state index in [1.807, 2.05) is 19.1 Å². The normalized spacial score (nSPS) is 14.2. The zero-order valence-electron chi connectivity index (χ0n) is 9.03. The molecule has 0 saturated carbocycles. The molecule has 1 aliphatic heterocycles. The lowest BCUT2D eigenvalue weighted by atomic mass is 10.2. The maximum Gasteiger partial charge on any atom is 0.322 e. The molecule has 0 aliphatic carbocycles. The van der Waals surface area contributed by atoms with Crippen LogP contribution >= 0.6 is 0 Å². The van der Waals surface area contributed by atoms with Gasteiger partial charge in [-0.15, -0.1) is 0 Å². The fraction of sp³-hybridized carbons (Fsp3) is 0.250. The van der Waals surface area contributed by atoms with Crippen molar-refractivity contribution in [1.82, 2.24) is 4.90 Å². The molecule has 1 aromatic rings. The number of anilines is 1. The van der Waals surface area contributed by atoms with Crippen LogP contribution in [-0.4, -0.2) is 24.0 Å². The van der Waals surface area contributed by atoms with Crippen LogP contribution in [0.15, 0.2) is 30.4 Å². The summed E-state index contributed by atoms with van der Waals surface area (Å²) in [6.07, 6.45) is 3.86. The van der Waals surface area contributed by atoms with Gasteiger partial charge >= 0.3 is 6.03 Å². The maximum atomic E-state index is 13.0. The molecule has 1 N–H and O–H groups in total. The third-order valence-electron chi connectivity index (χ3n) is 2.55. The number of hydrogen-bond acceptors (Lipinski definition) is 1. The summed E-state index contributed by atoms with van der Waals surface area (Å²) < 4.78 is 13.0. The first-order chi connectivity index (χ1) is 7.66. The van der Waals surface area contributed by atoms with Crippen LogP contribution in [0.1, 0.15) is 5.56 Å². The molecule has 0 saturated heterocycles. The van der Waals surface area contributed by atoms with Gasteiger partial charge in [-0.2, -0.15) is 0 Å². The fourth-order valence-corrected chi connectivity index (χ4v) is 1.57. The highest BCUT2D eigenvalue weighted by atomic mass is 19.1. The summed E-state index contributed by atoms with van der Waals surface area (Å²) in [6, 6.07) is 4.16. The fourth-order valence-electron chi connectivity index (χ4n) is 1.57. The van der Waals surface area contributed by atoms with E-state index in [1.54, 1.807) is 11.0 Å². The van der Waals surface area contributed by atoms with Crippen LogP contribution in [0.3, 0.4) is 0 Å². The van der Waals surface area contributed by atoms with Gasteiger partial charge in [-0.05, 0) is 24.6 Å². The summed E-state index contributed by atoms with van der Waals surface area (Å²) >= 11 is 0. The van der Waals surface area contributed by atoms with Gasteiger partial charge in [-0.3, -0.25) is 0 Å². The molecule has 1 aromatic carbocycles. The second-order valence-electron chi connectivity index (χ2n) is 3.77. The monoisotopic (exact) mass is 220 g/mol. The molecule has 4 heteroatoms. The number of rotatable bonds is 1. The largest absolute Gasteiger partial charge is 0.322 e. The maximum absolute atomic E-state index is 13.0. The molecule has 84 valence electrons. The van der Waals surface area contributed by atoms with Crippen molar-refractivity contribution in [2.24, 2.45) is 0 Å². The minimum Gasteiger partial charge on any atom is -0.317 e. The lowest BCUT2D eigenvalue weighted by Gasteiger charge is -2.17. The molecule has 2 amide bonds. The summed E-state index contributed by atoms with van der Waals surface area (Å²) in [5, 5.41) is 2.70. The average Bonchev–Trinajstić information content (AvgIpc) is 2.76. The number of nitrogens with one attached hydrogen (secondary N) is 1. The highest BCUT2D eigenvalue weighted by Crippen LogP contribution is 2.16. The van der Waals surface area contributed by atoms with E-state index in [2.05, 4.69) is 5.32 Å². The van der Waals surface area contributed by atoms with Crippen molar-refractivity contribution in [3.63, 3.8) is 0 Å². The van der Waals surface area contributed by atoms with Crippen LogP contribution < -0.4 is 5.32 Å². The molecule has 0 spiro atoms. The Morgan fingerprint density at radius 2 is 2.06 bits per heavy atom. The Kier molecular flexibility index (Phi) is 2.90. The van der Waals surface area contributed by atoms with Gasteiger partial charge in [0.2, 0.25) is 0 Å². The SMILES string of the molecule is Cc1ccc(F)cc1NC(=O)N1CC=CC1. The first-order valence-electron chi connectivity index (χ1n) is 5.14. The van der Waals surface area contributed by atoms with Crippen molar-refractivity contribution in [1.29, 1.82) is 0 Å². The third-order valence-corrected chi connectivity index (χ3v) is 2.55. The highest BCUT2D eigenvalue weighted by Gasteiger charge is 2.14. The van der Waals surface area contributed by atoms with E-state index in [1.165, 1.54) is 12.1 Å². The topological polar surface area (TPSA) is 32.3 Å². The van der Waals surface area contributed by atoms with E-state index in [0.717, 1.165) is 5.56 Å². The Balaban J connectivity index is 2.08. The van der Waals surface area contributed by atoms with Crippen molar-refractivity contribution < 1.29 is 9.18 Å². The summed E-state index contributed by atoms with van der Waals surface area (Å²) in [4.78, 5) is 13.4. The van der Waals surface area contributed by atoms with Gasteiger partial charge in [0.15, 0.2) is 0 Å². The smallest absolute Gasteiger partial charge is 0.317 e. The van der Waals surface area contributed by atoms with E-state index in [0.29, 0.717) is 18.8 Å². The van der Waals surface area contributed by atoms with Crippen LogP contribution in [0, 0.1) is 12.7 Å². The van der Waals surface area contributed by atoms with Crippen LogP contribution in [0.5, 0.6) is 0 Å². The number of aryl methyl sites for hydroxylation is 1. The van der Waals surface area contributed by atoms with Crippen LogP contribution in [0.25, 0.3) is 0 Å². The van der Waals surface area contributed by atoms with E-state index in [-0.39, 0.29) is 11.8 Å². The van der Waals surface area contributed by atoms with Gasteiger partial charge in [0.05, 0.1) is 0 Å². The van der Waals surface area contributed by atoms with Crippen LogP contribution in [0.2, 0.25) is 0 Å². The number of hydrogen-bond donors (Lipinski definition) is 1. The number of nitrogens with zero attached hydrogens (tertiary/aromatic N) is 1. The van der Waals surface area contributed by atoms with Crippen molar-refractivity contribution >= 4 is 11.7 Å². The lowest BCUT2D eigenvalue weighted by Crippen LogP contribution is -2.32. The Morgan fingerprint density at radius 1 is 1.38 bits per heavy atom. The summed E-state index contributed by atoms with van der Waals surface area (Å²) in [5.74, 6) is -0.347. The molecule has 0 unspecified atom stereocenters. The molecule has 0 aromatic heterocycles. The lowest BCUT2D eigenvalue weighted by molar-refractivity contribution is 0.224. The zero-order valence-corrected chi connectivity index (χ0v) is 9.03. The number of amides is 2. The number of carbonyl (C=O) groups excluding carboxylic acids is 1. The Hall–Kier alpha value is -1.84. The van der Waals surface area contributed by atoms with Gasteiger partial charge in [0, 0.05) is 18.8 Å². The number of carbonyl (C=O) groups is 1. The van der Waals surface area contributed by atoms with Crippen molar-refractivity contribution in [3.8, 4) is 0 Å². The molecule has 1 heterocycles. The first-order valence-corrected chi connectivity index (χ1v) is 5.14. The molecule has 0 radical (unpaired) electrons. The molecule has 1 aliphatic rings. The highest BCUT2D eigenvalue weighted by molar-refractivity contribution is 5.90. The predicted molar refractivity (Wildman–Crippen MR) is 60.9 cm³/mol. The summed E-state index contributed by atoms with van der Waals surface area (Å²) in [5.41, 5.74) is 1.37. The molecule has 16 heavy (non-hydrogen) atoms. The molecular formula is C12H13FN2O. The standard InChI is InChI=1S/C12H13FN2O/c1-9-4-5-10(13)8-11(9)14-12(16)15-6-2-3-7-15/h2-5,8H,6-7H2,1H3,(H,14,16). The third kappa shape index (κ3) is 2.21. The van der Waals surface area contributed by atoms with Gasteiger partial charge in [0.1, 0.15) is 5.82 Å². The molecule has 3 nitrogen and oxygen atoms in total. The molecule has 0 atom stereocenters. The van der Waals surface area contributed by atoms with Gasteiger partial charge < -0.3 is 10.2 Å². The van der Waals surface area contributed by atoms with E-state index in [4.69, 9.17) is 0 Å². The minimum absolute atomic E-state index is 0.196. The summed E-state index contributed by atoms with van der Waals surface area (Å²) in [6.45, 7) is 3.05. The Morgan fingerprint density at radius 3 is 2.75 bits per heavy atom. The van der Waals surface area contributed by atoms with E-state index >= 15 is 0 Å². The van der Waals surface area contributed by atoms with Gasteiger partial charge in [-0.1, -0.05) is 18.2 Å². The zero-order chi connectivity index (χ0) is 11.5. The molecule has 0 fully saturated rings. The van der Waals surface area contributed by atoms with E-state index in [9.17, 15) is 9.18 Å². The second-order valence-corrected chi connectivity index (χ2v) is 3.77. The molecule has 0 bridgehead atoms. The van der Waals surface area contributed by atoms with Gasteiger partial charge in [-0.25, -0.2) is 9.18 Å². The Labute approximate surface area is 93.6 Å². The van der Waals surface area contributed by atoms with E-state index < -0.39 is 0 Å². The van der Waals surface area contributed by atoms with Crippen LogP contribution in [0.4, 0.5) is 14.9 Å². The second kappa shape index (κ2) is 4.35. The van der Waals surface area contributed by atoms with Gasteiger partial charge in [0.25, 0.3) is 0 Å². The minimum atomic E-state index is -0.347. The Bertz CT molecular complexity index is 435. The summed E-state index contributed by atoms with van der Waals surface area (Å²) in [7, 11) is 0. The average molecular weight is 220 g/mol. The molecular weight excluding hydrogens is 207 g/mol. The number of halogens is 1. The van der Waals surface area contributed by atoms with Crippen LogP contribution in [-0.2, 0) is 0 Å². The molecule has 2 rings (SSSR count). The number of urea groups is 1. The number of benzene rings is 1. The van der Waals surface area contributed by atoms with Crippen molar-refractivity contribution in [3.05, 3.63) is 41.7 Å². The first kappa shape index (κ1) is 10.7. The van der Waals surface area contributed by atoms with Crippen molar-refractivity contribution in [2.45, 2.75) is 6.92 Å². The predicted octanol–water partition coefficient (Wildman–Crippen LogP) is 2.54.